The van der Waals surface area contributed by atoms with E-state index in [4.69, 9.17) is 9.15 Å². The monoisotopic (exact) mass is 439 g/mol. The van der Waals surface area contributed by atoms with Crippen molar-refractivity contribution < 1.29 is 28.2 Å². The van der Waals surface area contributed by atoms with E-state index in [1.807, 2.05) is 4.57 Å². The highest BCUT2D eigenvalue weighted by molar-refractivity contribution is 6.46. The minimum absolute atomic E-state index is 0.000266. The van der Waals surface area contributed by atoms with Crippen molar-refractivity contribution in [2.24, 2.45) is 0 Å². The van der Waals surface area contributed by atoms with Gasteiger partial charge in [-0.15, -0.1) is 0 Å². The van der Waals surface area contributed by atoms with Crippen molar-refractivity contribution in [3.63, 3.8) is 0 Å². The van der Waals surface area contributed by atoms with Crippen molar-refractivity contribution in [2.45, 2.75) is 25.9 Å². The molecule has 1 N–H and O–H groups in total. The van der Waals surface area contributed by atoms with Crippen molar-refractivity contribution in [1.29, 1.82) is 0 Å². The Hall–Kier alpha value is -3.88. The molecule has 166 valence electrons. The smallest absolute Gasteiger partial charge is 0.295 e. The number of ether oxygens (including phenoxy) is 1. The number of aliphatic hydroxyl groups excluding tert-OH is 1. The molecule has 0 bridgehead atoms. The van der Waals surface area contributed by atoms with Crippen LogP contribution in [0.3, 0.4) is 0 Å². The summed E-state index contributed by atoms with van der Waals surface area (Å²) in [6.07, 6.45) is 5.68. The Bertz CT molecular complexity index is 1180. The van der Waals surface area contributed by atoms with Gasteiger partial charge in [0.15, 0.2) is 11.6 Å². The third kappa shape index (κ3) is 3.89. The fourth-order valence-corrected chi connectivity index (χ4v) is 3.82. The fraction of sp³-hybridized carbons (Fsp3) is 0.261. The Balaban J connectivity index is 1.72. The second kappa shape index (κ2) is 8.70. The van der Waals surface area contributed by atoms with Crippen LogP contribution in [0.4, 0.5) is 4.39 Å². The number of carbonyl (C=O) groups excluding carboxylic acids is 2. The SMILES string of the molecule is COc1ccc(/C(O)=C2/C(=O)C(=O)N(CCCn3ccnc3)C2c2ccc(C)o2)cc1F. The molecular weight excluding hydrogens is 417 g/mol. The lowest BCUT2D eigenvalue weighted by molar-refractivity contribution is -0.140. The first-order valence-corrected chi connectivity index (χ1v) is 10.0. The van der Waals surface area contributed by atoms with E-state index in [9.17, 15) is 19.1 Å². The molecule has 3 aromatic rings. The molecule has 1 amide bonds. The van der Waals surface area contributed by atoms with E-state index in [-0.39, 0.29) is 23.4 Å². The van der Waals surface area contributed by atoms with Crippen LogP contribution in [0.1, 0.15) is 29.5 Å². The molecule has 1 atom stereocenters. The van der Waals surface area contributed by atoms with E-state index in [2.05, 4.69) is 4.98 Å². The van der Waals surface area contributed by atoms with Crippen LogP contribution < -0.4 is 4.74 Å². The number of Topliss-reactive ketones (excluding diaryl/α,β-unsaturated/α-hetero) is 1. The van der Waals surface area contributed by atoms with E-state index in [1.54, 1.807) is 37.8 Å². The summed E-state index contributed by atoms with van der Waals surface area (Å²) in [6, 6.07) is 6.29. The Morgan fingerprint density at radius 1 is 1.25 bits per heavy atom. The van der Waals surface area contributed by atoms with Crippen molar-refractivity contribution >= 4 is 17.4 Å². The van der Waals surface area contributed by atoms with Crippen molar-refractivity contribution in [3.8, 4) is 5.75 Å². The number of aliphatic hydroxyl groups is 1. The normalized spacial score (nSPS) is 17.8. The molecule has 1 aliphatic rings. The lowest BCUT2D eigenvalue weighted by Gasteiger charge is -2.23. The number of aryl methyl sites for hydroxylation is 2. The summed E-state index contributed by atoms with van der Waals surface area (Å²) in [7, 11) is 1.33. The quantitative estimate of drug-likeness (QED) is 0.344. The number of rotatable bonds is 7. The Morgan fingerprint density at radius 2 is 2.06 bits per heavy atom. The first-order chi connectivity index (χ1) is 15.4. The van der Waals surface area contributed by atoms with Gasteiger partial charge in [-0.2, -0.15) is 0 Å². The molecule has 1 aromatic carbocycles. The molecule has 0 radical (unpaired) electrons. The number of furan rings is 1. The predicted octanol–water partition coefficient (Wildman–Crippen LogP) is 3.44. The average molecular weight is 439 g/mol. The third-order valence-electron chi connectivity index (χ3n) is 5.37. The maximum Gasteiger partial charge on any atom is 0.295 e. The topological polar surface area (TPSA) is 97.8 Å². The molecule has 1 unspecified atom stereocenters. The van der Waals surface area contributed by atoms with Gasteiger partial charge >= 0.3 is 0 Å². The largest absolute Gasteiger partial charge is 0.507 e. The summed E-state index contributed by atoms with van der Waals surface area (Å²) in [5.41, 5.74) is -0.0791. The standard InChI is InChI=1S/C23H22FN3O5/c1-14-4-6-18(32-14)20-19(21(28)15-5-7-17(31-2)16(24)12-15)22(29)23(30)27(20)10-3-9-26-11-8-25-13-26/h4-8,11-13,20,28H,3,9-10H2,1-2H3/b21-19-. The lowest BCUT2D eigenvalue weighted by atomic mass is 9.99. The van der Waals surface area contributed by atoms with Gasteiger partial charge in [-0.3, -0.25) is 9.59 Å². The van der Waals surface area contributed by atoms with Gasteiger partial charge in [0.05, 0.1) is 19.0 Å². The minimum Gasteiger partial charge on any atom is -0.507 e. The van der Waals surface area contributed by atoms with Crippen LogP contribution in [-0.2, 0) is 16.1 Å². The van der Waals surface area contributed by atoms with Crippen LogP contribution in [0.5, 0.6) is 5.75 Å². The molecule has 0 spiro atoms. The maximum absolute atomic E-state index is 14.2. The van der Waals surface area contributed by atoms with Crippen molar-refractivity contribution in [1.82, 2.24) is 14.5 Å². The lowest BCUT2D eigenvalue weighted by Crippen LogP contribution is -2.31. The molecule has 0 aliphatic carbocycles. The highest BCUT2D eigenvalue weighted by atomic mass is 19.1. The second-order valence-corrected chi connectivity index (χ2v) is 7.44. The van der Waals surface area contributed by atoms with E-state index in [0.717, 1.165) is 6.07 Å². The van der Waals surface area contributed by atoms with Gasteiger partial charge in [-0.25, -0.2) is 9.37 Å². The van der Waals surface area contributed by atoms with Gasteiger partial charge in [0.1, 0.15) is 23.3 Å². The highest BCUT2D eigenvalue weighted by Gasteiger charge is 2.47. The summed E-state index contributed by atoms with van der Waals surface area (Å²) in [6.45, 7) is 2.59. The summed E-state index contributed by atoms with van der Waals surface area (Å²) >= 11 is 0. The first kappa shape index (κ1) is 21.4. The number of methoxy groups -OCH3 is 1. The molecule has 4 rings (SSSR count). The molecule has 1 saturated heterocycles. The van der Waals surface area contributed by atoms with Gasteiger partial charge in [0.25, 0.3) is 11.7 Å². The van der Waals surface area contributed by atoms with Crippen LogP contribution in [0.15, 0.2) is 59.0 Å². The zero-order chi connectivity index (χ0) is 22.8. The Morgan fingerprint density at radius 3 is 2.69 bits per heavy atom. The molecule has 32 heavy (non-hydrogen) atoms. The van der Waals surface area contributed by atoms with E-state index in [1.165, 1.54) is 24.1 Å². The number of hydrogen-bond acceptors (Lipinski definition) is 6. The van der Waals surface area contributed by atoms with Gasteiger partial charge in [0, 0.05) is 31.0 Å². The summed E-state index contributed by atoms with van der Waals surface area (Å²) in [5, 5.41) is 10.9. The summed E-state index contributed by atoms with van der Waals surface area (Å²) in [4.78, 5) is 31.2. The van der Waals surface area contributed by atoms with E-state index >= 15 is 0 Å². The van der Waals surface area contributed by atoms with E-state index in [0.29, 0.717) is 24.5 Å². The van der Waals surface area contributed by atoms with Gasteiger partial charge in [-0.1, -0.05) is 0 Å². The number of nitrogens with zero attached hydrogens (tertiary/aromatic N) is 3. The van der Waals surface area contributed by atoms with Crippen LogP contribution >= 0.6 is 0 Å². The zero-order valence-corrected chi connectivity index (χ0v) is 17.6. The number of ketones is 1. The van der Waals surface area contributed by atoms with Crippen molar-refractivity contribution in [2.75, 3.05) is 13.7 Å². The minimum atomic E-state index is -0.920. The van der Waals surface area contributed by atoms with Crippen LogP contribution in [0, 0.1) is 12.7 Å². The molecule has 8 nitrogen and oxygen atoms in total. The molecule has 3 heterocycles. The number of likely N-dealkylation sites (tertiary alicyclic amines) is 1. The summed E-state index contributed by atoms with van der Waals surface area (Å²) in [5.74, 6) is -1.82. The Kier molecular flexibility index (Phi) is 5.81. The second-order valence-electron chi connectivity index (χ2n) is 7.44. The fourth-order valence-electron chi connectivity index (χ4n) is 3.82. The van der Waals surface area contributed by atoms with Crippen LogP contribution in [0.2, 0.25) is 0 Å². The number of imidazole rings is 1. The number of carbonyl (C=O) groups is 2. The summed E-state index contributed by atoms with van der Waals surface area (Å²) < 4.78 is 26.7. The predicted molar refractivity (Wildman–Crippen MR) is 112 cm³/mol. The number of halogens is 1. The van der Waals surface area contributed by atoms with Gasteiger partial charge < -0.3 is 23.7 Å². The maximum atomic E-state index is 14.2. The molecule has 2 aromatic heterocycles. The molecule has 1 aliphatic heterocycles. The van der Waals surface area contributed by atoms with Gasteiger partial charge in [-0.05, 0) is 43.7 Å². The molecule has 0 saturated carbocycles. The number of benzene rings is 1. The number of amides is 1. The zero-order valence-electron chi connectivity index (χ0n) is 17.6. The van der Waals surface area contributed by atoms with Crippen LogP contribution in [0.25, 0.3) is 5.76 Å². The van der Waals surface area contributed by atoms with Gasteiger partial charge in [0.2, 0.25) is 0 Å². The molecule has 9 heteroatoms. The molecular formula is C23H22FN3O5. The highest BCUT2D eigenvalue weighted by Crippen LogP contribution is 2.40. The first-order valence-electron chi connectivity index (χ1n) is 10.0. The number of aromatic nitrogens is 2. The third-order valence-corrected chi connectivity index (χ3v) is 5.37. The van der Waals surface area contributed by atoms with E-state index < -0.39 is 29.3 Å². The molecule has 1 fully saturated rings. The Labute approximate surface area is 183 Å². The van der Waals surface area contributed by atoms with Crippen molar-refractivity contribution in [3.05, 3.63) is 77.5 Å². The number of hydrogen-bond donors (Lipinski definition) is 1. The average Bonchev–Trinajstić information content (AvgIpc) is 3.50. The van der Waals surface area contributed by atoms with Crippen LogP contribution in [-0.4, -0.2) is 44.9 Å².